The molecule has 0 radical (unpaired) electrons. The number of esters is 1. The Morgan fingerprint density at radius 3 is 2.16 bits per heavy atom. The van der Waals surface area contributed by atoms with Crippen LogP contribution < -0.4 is 0 Å². The molecular formula is C18H22N2O5. The molecule has 3 amide bonds. The lowest BCUT2D eigenvalue weighted by atomic mass is 10.1. The molecule has 7 heteroatoms. The van der Waals surface area contributed by atoms with E-state index in [1.54, 1.807) is 31.2 Å². The number of fused-ring (bicyclic) bond motifs is 1. The van der Waals surface area contributed by atoms with E-state index in [1.165, 1.54) is 4.90 Å². The molecule has 1 aromatic carbocycles. The van der Waals surface area contributed by atoms with Gasteiger partial charge in [0, 0.05) is 13.1 Å². The summed E-state index contributed by atoms with van der Waals surface area (Å²) in [6.07, 6.45) is 0.790. The van der Waals surface area contributed by atoms with Gasteiger partial charge < -0.3 is 9.64 Å². The van der Waals surface area contributed by atoms with Gasteiger partial charge >= 0.3 is 5.97 Å². The number of amides is 3. The third kappa shape index (κ3) is 4.23. The quantitative estimate of drug-likeness (QED) is 0.526. The van der Waals surface area contributed by atoms with Crippen molar-refractivity contribution in [2.24, 2.45) is 0 Å². The Bertz CT molecular complexity index is 651. The highest BCUT2D eigenvalue weighted by atomic mass is 16.5. The number of carbonyl (C=O) groups is 4. The summed E-state index contributed by atoms with van der Waals surface area (Å²) in [5.41, 5.74) is 0.628. The lowest BCUT2D eigenvalue weighted by Crippen LogP contribution is -2.43. The second-order valence-corrected chi connectivity index (χ2v) is 5.68. The maximum absolute atomic E-state index is 12.5. The summed E-state index contributed by atoms with van der Waals surface area (Å²) in [4.78, 5) is 51.1. The Balaban J connectivity index is 2.02. The Morgan fingerprint density at radius 2 is 1.64 bits per heavy atom. The van der Waals surface area contributed by atoms with E-state index in [9.17, 15) is 19.2 Å². The van der Waals surface area contributed by atoms with Crippen molar-refractivity contribution in [1.82, 2.24) is 9.80 Å². The third-order valence-corrected chi connectivity index (χ3v) is 3.91. The van der Waals surface area contributed by atoms with Gasteiger partial charge in [0.05, 0.1) is 24.2 Å². The highest BCUT2D eigenvalue weighted by molar-refractivity contribution is 6.22. The van der Waals surface area contributed by atoms with Crippen molar-refractivity contribution in [3.8, 4) is 0 Å². The van der Waals surface area contributed by atoms with Crippen LogP contribution in [0.15, 0.2) is 24.3 Å². The van der Waals surface area contributed by atoms with Crippen molar-refractivity contribution >= 4 is 23.7 Å². The first-order valence-corrected chi connectivity index (χ1v) is 8.38. The van der Waals surface area contributed by atoms with Gasteiger partial charge in [-0.25, -0.2) is 0 Å². The number of benzene rings is 1. The van der Waals surface area contributed by atoms with Gasteiger partial charge in [0.15, 0.2) is 0 Å². The van der Waals surface area contributed by atoms with Crippen LogP contribution in [0.5, 0.6) is 0 Å². The fraction of sp³-hybridized carbons (Fsp3) is 0.444. The smallest absolute Gasteiger partial charge is 0.307 e. The summed E-state index contributed by atoms with van der Waals surface area (Å²) >= 11 is 0. The summed E-state index contributed by atoms with van der Waals surface area (Å²) < 4.78 is 4.86. The lowest BCUT2D eigenvalue weighted by molar-refractivity contribution is -0.144. The summed E-state index contributed by atoms with van der Waals surface area (Å²) in [7, 11) is 0. The van der Waals surface area contributed by atoms with Gasteiger partial charge in [0.25, 0.3) is 11.8 Å². The van der Waals surface area contributed by atoms with Crippen molar-refractivity contribution in [3.05, 3.63) is 35.4 Å². The number of ether oxygens (including phenoxy) is 1. The van der Waals surface area contributed by atoms with Gasteiger partial charge in [-0.3, -0.25) is 24.1 Å². The normalized spacial score (nSPS) is 13.0. The van der Waals surface area contributed by atoms with Crippen LogP contribution >= 0.6 is 0 Å². The molecule has 1 heterocycles. The summed E-state index contributed by atoms with van der Waals surface area (Å²) in [5, 5.41) is 0. The van der Waals surface area contributed by atoms with Gasteiger partial charge in [-0.2, -0.15) is 0 Å². The fourth-order valence-corrected chi connectivity index (χ4v) is 2.71. The zero-order valence-electron chi connectivity index (χ0n) is 14.5. The Kier molecular flexibility index (Phi) is 6.27. The molecule has 0 aliphatic carbocycles. The van der Waals surface area contributed by atoms with Crippen LogP contribution in [0.3, 0.4) is 0 Å². The van der Waals surface area contributed by atoms with Gasteiger partial charge in [-0.1, -0.05) is 19.1 Å². The molecule has 1 aliphatic rings. The van der Waals surface area contributed by atoms with Gasteiger partial charge in [-0.15, -0.1) is 0 Å². The highest BCUT2D eigenvalue weighted by Crippen LogP contribution is 2.22. The predicted molar refractivity (Wildman–Crippen MR) is 89.9 cm³/mol. The van der Waals surface area contributed by atoms with Crippen molar-refractivity contribution < 1.29 is 23.9 Å². The molecule has 0 unspecified atom stereocenters. The average Bonchev–Trinajstić information content (AvgIpc) is 2.84. The molecule has 0 saturated heterocycles. The first kappa shape index (κ1) is 18.6. The number of hydrogen-bond acceptors (Lipinski definition) is 5. The number of rotatable bonds is 8. The Morgan fingerprint density at radius 1 is 1.04 bits per heavy atom. The van der Waals surface area contributed by atoms with E-state index in [0.29, 0.717) is 24.1 Å². The molecule has 1 aliphatic heterocycles. The summed E-state index contributed by atoms with van der Waals surface area (Å²) in [5.74, 6) is -1.66. The van der Waals surface area contributed by atoms with Crippen LogP contribution in [0.4, 0.5) is 0 Å². The molecule has 0 spiro atoms. The molecule has 0 atom stereocenters. The van der Waals surface area contributed by atoms with Crippen LogP contribution in [-0.2, 0) is 14.3 Å². The average molecular weight is 346 g/mol. The molecule has 0 fully saturated rings. The summed E-state index contributed by atoms with van der Waals surface area (Å²) in [6, 6.07) is 6.51. The van der Waals surface area contributed by atoms with E-state index >= 15 is 0 Å². The monoisotopic (exact) mass is 346 g/mol. The van der Waals surface area contributed by atoms with E-state index in [4.69, 9.17) is 4.74 Å². The SMILES string of the molecule is CCCN(CCC(=O)OCC)C(=O)CN1C(=O)c2ccccc2C1=O. The van der Waals surface area contributed by atoms with Crippen molar-refractivity contribution in [1.29, 1.82) is 0 Å². The van der Waals surface area contributed by atoms with Gasteiger partial charge in [0.1, 0.15) is 6.54 Å². The van der Waals surface area contributed by atoms with Crippen LogP contribution in [-0.4, -0.2) is 59.7 Å². The molecule has 134 valence electrons. The van der Waals surface area contributed by atoms with E-state index in [2.05, 4.69) is 0 Å². The highest BCUT2D eigenvalue weighted by Gasteiger charge is 2.36. The number of carbonyl (C=O) groups excluding carboxylic acids is 4. The third-order valence-electron chi connectivity index (χ3n) is 3.91. The molecule has 0 bridgehead atoms. The van der Waals surface area contributed by atoms with Crippen LogP contribution in [0.25, 0.3) is 0 Å². The standard InChI is InChI=1S/C18H22N2O5/c1-3-10-19(11-9-16(22)25-4-2)15(21)12-20-17(23)13-7-5-6-8-14(13)18(20)24/h5-8H,3-4,9-12H2,1-2H3. The van der Waals surface area contributed by atoms with Crippen LogP contribution in [0.1, 0.15) is 47.4 Å². The number of nitrogens with zero attached hydrogens (tertiary/aromatic N) is 2. The molecule has 7 nitrogen and oxygen atoms in total. The minimum atomic E-state index is -0.462. The molecular weight excluding hydrogens is 324 g/mol. The minimum absolute atomic E-state index is 0.0850. The second-order valence-electron chi connectivity index (χ2n) is 5.68. The molecule has 0 N–H and O–H groups in total. The topological polar surface area (TPSA) is 84.0 Å². The van der Waals surface area contributed by atoms with E-state index in [-0.39, 0.29) is 38.0 Å². The number of hydrogen-bond donors (Lipinski definition) is 0. The maximum Gasteiger partial charge on any atom is 0.307 e. The van der Waals surface area contributed by atoms with E-state index in [0.717, 1.165) is 4.90 Å². The Hall–Kier alpha value is -2.70. The minimum Gasteiger partial charge on any atom is -0.466 e. The molecule has 2 rings (SSSR count). The predicted octanol–water partition coefficient (Wildman–Crippen LogP) is 1.47. The van der Waals surface area contributed by atoms with Crippen molar-refractivity contribution in [3.63, 3.8) is 0 Å². The van der Waals surface area contributed by atoms with Crippen molar-refractivity contribution in [2.75, 3.05) is 26.2 Å². The molecule has 1 aromatic rings. The van der Waals surface area contributed by atoms with Gasteiger partial charge in [-0.05, 0) is 25.5 Å². The first-order chi connectivity index (χ1) is 12.0. The molecule has 0 aromatic heterocycles. The van der Waals surface area contributed by atoms with Gasteiger partial charge in [0.2, 0.25) is 5.91 Å². The summed E-state index contributed by atoms with van der Waals surface area (Å²) in [6.45, 7) is 4.24. The largest absolute Gasteiger partial charge is 0.466 e. The fourth-order valence-electron chi connectivity index (χ4n) is 2.71. The van der Waals surface area contributed by atoms with Crippen LogP contribution in [0, 0.1) is 0 Å². The zero-order chi connectivity index (χ0) is 18.4. The lowest BCUT2D eigenvalue weighted by Gasteiger charge is -2.24. The Labute approximate surface area is 146 Å². The van der Waals surface area contributed by atoms with E-state index < -0.39 is 11.8 Å². The molecule has 0 saturated carbocycles. The first-order valence-electron chi connectivity index (χ1n) is 8.38. The molecule has 25 heavy (non-hydrogen) atoms. The van der Waals surface area contributed by atoms with Crippen molar-refractivity contribution in [2.45, 2.75) is 26.7 Å². The van der Waals surface area contributed by atoms with E-state index in [1.807, 2.05) is 6.92 Å². The zero-order valence-corrected chi connectivity index (χ0v) is 14.5. The maximum atomic E-state index is 12.5. The number of imide groups is 1. The second kappa shape index (κ2) is 8.41. The van der Waals surface area contributed by atoms with Crippen LogP contribution in [0.2, 0.25) is 0 Å².